The number of aliphatic carboxylic acids is 1. The fourth-order valence-electron chi connectivity index (χ4n) is 4.46. The second kappa shape index (κ2) is 16.4. The number of carbonyl (C=O) groups is 5. The minimum absolute atomic E-state index is 0.00798. The summed E-state index contributed by atoms with van der Waals surface area (Å²) in [6.07, 6.45) is -0.345. The molecule has 0 bridgehead atoms. The second-order valence-electron chi connectivity index (χ2n) is 10.6. The summed E-state index contributed by atoms with van der Waals surface area (Å²) in [4.78, 5) is 63.3. The summed E-state index contributed by atoms with van der Waals surface area (Å²) in [5.41, 5.74) is 12.9. The highest BCUT2D eigenvalue weighted by atomic mass is 16.4. The normalized spacial score (nSPS) is 13.4. The van der Waals surface area contributed by atoms with Crippen molar-refractivity contribution in [1.29, 1.82) is 0 Å². The molecule has 3 aromatic carbocycles. The van der Waals surface area contributed by atoms with Gasteiger partial charge in [0, 0.05) is 25.7 Å². The average molecular weight is 620 g/mol. The summed E-state index contributed by atoms with van der Waals surface area (Å²) in [5.74, 6) is -4.23. The van der Waals surface area contributed by atoms with Crippen LogP contribution in [0.25, 0.3) is 0 Å². The zero-order valence-electron chi connectivity index (χ0n) is 24.4. The second-order valence-corrected chi connectivity index (χ2v) is 10.6. The third-order valence-electron chi connectivity index (χ3n) is 6.95. The molecular formula is C32H37N5O8. The number of aromatic hydroxyl groups is 2. The topological polar surface area (TPSA) is 234 Å². The molecule has 0 spiro atoms. The first-order chi connectivity index (χ1) is 21.4. The van der Waals surface area contributed by atoms with Crippen LogP contribution in [-0.2, 0) is 43.2 Å². The van der Waals surface area contributed by atoms with Crippen LogP contribution in [0.3, 0.4) is 0 Å². The van der Waals surface area contributed by atoms with E-state index in [0.29, 0.717) is 16.7 Å². The van der Waals surface area contributed by atoms with Crippen LogP contribution in [0.1, 0.15) is 29.5 Å². The third-order valence-corrected chi connectivity index (χ3v) is 6.95. The first kappa shape index (κ1) is 34.1. The summed E-state index contributed by atoms with van der Waals surface area (Å²) in [6, 6.07) is 15.5. The van der Waals surface area contributed by atoms with E-state index in [1.165, 1.54) is 24.3 Å². The van der Waals surface area contributed by atoms with Crippen molar-refractivity contribution in [3.63, 3.8) is 0 Å². The van der Waals surface area contributed by atoms with Crippen LogP contribution in [-0.4, -0.2) is 69.1 Å². The van der Waals surface area contributed by atoms with Crippen LogP contribution >= 0.6 is 0 Å². The van der Waals surface area contributed by atoms with Crippen LogP contribution in [0.5, 0.6) is 11.5 Å². The maximum Gasteiger partial charge on any atom is 0.326 e. The van der Waals surface area contributed by atoms with Crippen molar-refractivity contribution >= 4 is 29.6 Å². The number of hydrogen-bond acceptors (Lipinski definition) is 8. The summed E-state index contributed by atoms with van der Waals surface area (Å²) in [5, 5.41) is 36.9. The monoisotopic (exact) mass is 619 g/mol. The SMILES string of the molecule is NC(=O)CCC(N)C(=O)NC(Cc1ccc(O)cc1)C(=O)NC(Cc1ccc(O)cc1)C(=O)NC(Cc1ccccc1)C(=O)O. The molecule has 238 valence electrons. The fraction of sp³-hybridized carbons (Fsp3) is 0.281. The predicted molar refractivity (Wildman–Crippen MR) is 164 cm³/mol. The van der Waals surface area contributed by atoms with Gasteiger partial charge in [0.25, 0.3) is 0 Å². The lowest BCUT2D eigenvalue weighted by atomic mass is 10.0. The Morgan fingerprint density at radius 1 is 0.600 bits per heavy atom. The van der Waals surface area contributed by atoms with Gasteiger partial charge in [0.2, 0.25) is 23.6 Å². The Kier molecular flexibility index (Phi) is 12.4. The lowest BCUT2D eigenvalue weighted by Crippen LogP contribution is -2.58. The van der Waals surface area contributed by atoms with Gasteiger partial charge in [0.05, 0.1) is 6.04 Å². The number of phenolic OH excluding ortho intramolecular Hbond substituents is 2. The molecule has 4 unspecified atom stereocenters. The lowest BCUT2D eigenvalue weighted by molar-refractivity contribution is -0.142. The predicted octanol–water partition coefficient (Wildman–Crippen LogP) is 0.258. The number of nitrogens with two attached hydrogens (primary N) is 2. The standard InChI is InChI=1S/C32H37N5O8/c33-24(14-15-28(34)40)29(41)35-25(16-20-6-10-22(38)11-7-20)30(42)36-26(17-21-8-12-23(39)13-9-21)31(43)37-27(32(44)45)18-19-4-2-1-3-5-19/h1-13,24-27,38-39H,14-18,33H2,(H2,34,40)(H,35,41)(H,36,42)(H,37,43)(H,44,45). The van der Waals surface area contributed by atoms with Crippen molar-refractivity contribution in [2.24, 2.45) is 11.5 Å². The third kappa shape index (κ3) is 11.3. The smallest absolute Gasteiger partial charge is 0.326 e. The van der Waals surface area contributed by atoms with Gasteiger partial charge in [-0.05, 0) is 47.4 Å². The van der Waals surface area contributed by atoms with Gasteiger partial charge in [-0.25, -0.2) is 4.79 Å². The number of nitrogens with one attached hydrogen (secondary N) is 3. The molecule has 4 amide bonds. The van der Waals surface area contributed by atoms with Crippen molar-refractivity contribution in [3.8, 4) is 11.5 Å². The number of phenols is 2. The maximum atomic E-state index is 13.7. The Hall–Kier alpha value is -5.43. The van der Waals surface area contributed by atoms with E-state index in [2.05, 4.69) is 16.0 Å². The highest BCUT2D eigenvalue weighted by molar-refractivity contribution is 5.94. The van der Waals surface area contributed by atoms with Crippen LogP contribution < -0.4 is 27.4 Å². The Bertz CT molecular complexity index is 1470. The van der Waals surface area contributed by atoms with Crippen molar-refractivity contribution in [1.82, 2.24) is 16.0 Å². The zero-order chi connectivity index (χ0) is 32.9. The quantitative estimate of drug-likeness (QED) is 0.110. The molecule has 0 aromatic heterocycles. The molecule has 0 aliphatic rings. The number of rotatable bonds is 16. The van der Waals surface area contributed by atoms with Gasteiger partial charge in [-0.15, -0.1) is 0 Å². The fourth-order valence-corrected chi connectivity index (χ4v) is 4.46. The molecule has 0 saturated carbocycles. The van der Waals surface area contributed by atoms with Gasteiger partial charge < -0.3 is 42.7 Å². The number of primary amides is 1. The van der Waals surface area contributed by atoms with Gasteiger partial charge in [-0.2, -0.15) is 0 Å². The molecule has 13 nitrogen and oxygen atoms in total. The van der Waals surface area contributed by atoms with E-state index in [-0.39, 0.29) is 43.6 Å². The summed E-state index contributed by atoms with van der Waals surface area (Å²) < 4.78 is 0. The molecule has 0 saturated heterocycles. The Labute approximate surface area is 259 Å². The van der Waals surface area contributed by atoms with E-state index < -0.39 is 53.8 Å². The minimum Gasteiger partial charge on any atom is -0.508 e. The molecule has 0 radical (unpaired) electrons. The zero-order valence-corrected chi connectivity index (χ0v) is 24.4. The number of carboxylic acid groups (broad SMARTS) is 1. The number of amides is 4. The van der Waals surface area contributed by atoms with E-state index >= 15 is 0 Å². The number of carboxylic acids is 1. The van der Waals surface area contributed by atoms with Crippen LogP contribution in [0.2, 0.25) is 0 Å². The van der Waals surface area contributed by atoms with Crippen LogP contribution in [0.15, 0.2) is 78.9 Å². The van der Waals surface area contributed by atoms with Crippen molar-refractivity contribution < 1.29 is 39.3 Å². The van der Waals surface area contributed by atoms with E-state index in [9.17, 15) is 39.3 Å². The largest absolute Gasteiger partial charge is 0.508 e. The average Bonchev–Trinajstić information content (AvgIpc) is 3.01. The Balaban J connectivity index is 1.86. The van der Waals surface area contributed by atoms with E-state index in [4.69, 9.17) is 11.5 Å². The van der Waals surface area contributed by atoms with E-state index in [1.807, 2.05) is 0 Å². The Morgan fingerprint density at radius 2 is 1.00 bits per heavy atom. The molecule has 3 aromatic rings. The minimum atomic E-state index is -1.31. The van der Waals surface area contributed by atoms with Crippen molar-refractivity contribution in [3.05, 3.63) is 95.6 Å². The van der Waals surface area contributed by atoms with Gasteiger partial charge in [-0.1, -0.05) is 54.6 Å². The molecule has 3 rings (SSSR count). The Morgan fingerprint density at radius 3 is 1.44 bits per heavy atom. The number of carbonyl (C=O) groups excluding carboxylic acids is 4. The molecule has 4 atom stereocenters. The highest BCUT2D eigenvalue weighted by Gasteiger charge is 2.31. The first-order valence-electron chi connectivity index (χ1n) is 14.2. The molecule has 0 fully saturated rings. The molecule has 13 heteroatoms. The van der Waals surface area contributed by atoms with Crippen LogP contribution in [0.4, 0.5) is 0 Å². The van der Waals surface area contributed by atoms with Crippen molar-refractivity contribution in [2.45, 2.75) is 56.3 Å². The number of benzene rings is 3. The molecular weight excluding hydrogens is 582 g/mol. The lowest BCUT2D eigenvalue weighted by Gasteiger charge is -2.25. The molecule has 0 aliphatic carbocycles. The maximum absolute atomic E-state index is 13.7. The molecule has 45 heavy (non-hydrogen) atoms. The van der Waals surface area contributed by atoms with E-state index in [0.717, 1.165) is 0 Å². The van der Waals surface area contributed by atoms with Crippen molar-refractivity contribution in [2.75, 3.05) is 0 Å². The summed E-state index contributed by atoms with van der Waals surface area (Å²) in [7, 11) is 0. The highest BCUT2D eigenvalue weighted by Crippen LogP contribution is 2.14. The van der Waals surface area contributed by atoms with E-state index in [1.54, 1.807) is 54.6 Å². The molecule has 0 heterocycles. The van der Waals surface area contributed by atoms with Gasteiger partial charge >= 0.3 is 5.97 Å². The van der Waals surface area contributed by atoms with Gasteiger partial charge in [-0.3, -0.25) is 19.2 Å². The number of hydrogen-bond donors (Lipinski definition) is 8. The summed E-state index contributed by atoms with van der Waals surface area (Å²) in [6.45, 7) is 0. The molecule has 10 N–H and O–H groups in total. The molecule has 0 aliphatic heterocycles. The van der Waals surface area contributed by atoms with Gasteiger partial charge in [0.15, 0.2) is 0 Å². The van der Waals surface area contributed by atoms with Crippen LogP contribution in [0, 0.1) is 0 Å². The van der Waals surface area contributed by atoms with Gasteiger partial charge in [0.1, 0.15) is 29.6 Å². The first-order valence-corrected chi connectivity index (χ1v) is 14.2. The summed E-state index contributed by atoms with van der Waals surface area (Å²) >= 11 is 0.